The summed E-state index contributed by atoms with van der Waals surface area (Å²) in [5.41, 5.74) is 2.49. The summed E-state index contributed by atoms with van der Waals surface area (Å²) in [6.45, 7) is 0. The molecule has 0 saturated heterocycles. The van der Waals surface area contributed by atoms with Crippen LogP contribution in [0.5, 0.6) is 0 Å². The number of ketones is 2. The molecular formula is C18H12Cl2N2O2. The molecule has 3 rings (SSSR count). The van der Waals surface area contributed by atoms with Crippen molar-refractivity contribution in [3.05, 3.63) is 82.1 Å². The van der Waals surface area contributed by atoms with Crippen molar-refractivity contribution in [1.82, 2.24) is 0 Å². The van der Waals surface area contributed by atoms with Crippen LogP contribution >= 0.6 is 23.2 Å². The van der Waals surface area contributed by atoms with Gasteiger partial charge in [0.1, 0.15) is 0 Å². The Hall–Kier alpha value is -2.56. The summed E-state index contributed by atoms with van der Waals surface area (Å²) in [5.74, 6) is -1.15. The number of nitrogens with one attached hydrogen (secondary N) is 2. The van der Waals surface area contributed by atoms with Crippen molar-refractivity contribution in [1.29, 1.82) is 0 Å². The third-order valence-electron chi connectivity index (χ3n) is 3.33. The maximum absolute atomic E-state index is 11.7. The number of rotatable bonds is 4. The molecule has 0 saturated carbocycles. The molecule has 24 heavy (non-hydrogen) atoms. The molecule has 1 aliphatic carbocycles. The first kappa shape index (κ1) is 16.3. The van der Waals surface area contributed by atoms with Gasteiger partial charge in [-0.2, -0.15) is 0 Å². The zero-order valence-corrected chi connectivity index (χ0v) is 13.9. The highest BCUT2D eigenvalue weighted by atomic mass is 35.5. The predicted octanol–water partition coefficient (Wildman–Crippen LogP) is 4.44. The molecule has 0 bridgehead atoms. The van der Waals surface area contributed by atoms with Crippen LogP contribution in [0.1, 0.15) is 0 Å². The molecule has 0 fully saturated rings. The molecule has 2 aromatic rings. The Balaban J connectivity index is 1.86. The minimum Gasteiger partial charge on any atom is -0.354 e. The fourth-order valence-corrected chi connectivity index (χ4v) is 2.40. The van der Waals surface area contributed by atoms with Crippen LogP contribution in [0.4, 0.5) is 11.4 Å². The van der Waals surface area contributed by atoms with E-state index in [0.717, 1.165) is 11.4 Å². The monoisotopic (exact) mass is 358 g/mol. The van der Waals surface area contributed by atoms with E-state index in [1.54, 1.807) is 48.5 Å². The number of allylic oxidation sites excluding steroid dienone is 2. The molecule has 2 N–H and O–H groups in total. The number of hydrogen-bond donors (Lipinski definition) is 2. The molecule has 0 unspecified atom stereocenters. The molecule has 0 radical (unpaired) electrons. The Morgan fingerprint density at radius 3 is 1.25 bits per heavy atom. The second-order valence-corrected chi connectivity index (χ2v) is 5.98. The average molecular weight is 359 g/mol. The summed E-state index contributed by atoms with van der Waals surface area (Å²) < 4.78 is 0. The zero-order chi connectivity index (χ0) is 17.1. The van der Waals surface area contributed by atoms with Crippen LogP contribution in [0.3, 0.4) is 0 Å². The van der Waals surface area contributed by atoms with E-state index in [1.165, 1.54) is 12.2 Å². The van der Waals surface area contributed by atoms with Gasteiger partial charge in [0.15, 0.2) is 0 Å². The van der Waals surface area contributed by atoms with Gasteiger partial charge in [-0.1, -0.05) is 23.2 Å². The maximum atomic E-state index is 11.7. The zero-order valence-electron chi connectivity index (χ0n) is 12.3. The van der Waals surface area contributed by atoms with Gasteiger partial charge in [0.2, 0.25) is 11.6 Å². The molecule has 0 aliphatic heterocycles. The molecular weight excluding hydrogens is 347 g/mol. The first-order valence-electron chi connectivity index (χ1n) is 7.08. The molecule has 0 amide bonds. The summed E-state index contributed by atoms with van der Waals surface area (Å²) in [6, 6.07) is 14.1. The van der Waals surface area contributed by atoms with Crippen LogP contribution in [-0.2, 0) is 9.59 Å². The van der Waals surface area contributed by atoms with Crippen molar-refractivity contribution in [3.8, 4) is 0 Å². The second-order valence-electron chi connectivity index (χ2n) is 5.11. The third-order valence-corrected chi connectivity index (χ3v) is 3.83. The van der Waals surface area contributed by atoms with Gasteiger partial charge in [0, 0.05) is 33.6 Å². The van der Waals surface area contributed by atoms with E-state index >= 15 is 0 Å². The highest BCUT2D eigenvalue weighted by Crippen LogP contribution is 2.23. The highest BCUT2D eigenvalue weighted by Gasteiger charge is 2.20. The Bertz CT molecular complexity index is 780. The summed E-state index contributed by atoms with van der Waals surface area (Å²) in [5, 5.41) is 7.45. The van der Waals surface area contributed by atoms with Crippen LogP contribution < -0.4 is 10.6 Å². The van der Waals surface area contributed by atoms with Crippen molar-refractivity contribution in [3.63, 3.8) is 0 Å². The molecule has 0 atom stereocenters. The van der Waals surface area contributed by atoms with Gasteiger partial charge in [0.25, 0.3) is 0 Å². The van der Waals surface area contributed by atoms with Crippen molar-refractivity contribution >= 4 is 46.1 Å². The van der Waals surface area contributed by atoms with Gasteiger partial charge in [-0.25, -0.2) is 0 Å². The Kier molecular flexibility index (Phi) is 4.69. The summed E-state index contributed by atoms with van der Waals surface area (Å²) in [7, 11) is 0. The Morgan fingerprint density at radius 2 is 0.917 bits per heavy atom. The molecule has 0 heterocycles. The van der Waals surface area contributed by atoms with Gasteiger partial charge in [-0.05, 0) is 48.5 Å². The number of hydrogen-bond acceptors (Lipinski definition) is 4. The normalized spacial score (nSPS) is 14.1. The molecule has 6 heteroatoms. The number of carbonyl (C=O) groups is 2. The maximum Gasteiger partial charge on any atom is 0.227 e. The minimum absolute atomic E-state index is 0.497. The Morgan fingerprint density at radius 1 is 0.583 bits per heavy atom. The van der Waals surface area contributed by atoms with Crippen molar-refractivity contribution in [2.75, 3.05) is 10.6 Å². The lowest BCUT2D eigenvalue weighted by Gasteiger charge is -2.19. The number of benzene rings is 2. The summed E-state index contributed by atoms with van der Waals surface area (Å²) in [4.78, 5) is 23.4. The van der Waals surface area contributed by atoms with Gasteiger partial charge in [-0.15, -0.1) is 0 Å². The van der Waals surface area contributed by atoms with Crippen LogP contribution in [0.2, 0.25) is 10.0 Å². The quantitative estimate of drug-likeness (QED) is 0.626. The molecule has 0 aromatic heterocycles. The van der Waals surface area contributed by atoms with Crippen LogP contribution in [0.25, 0.3) is 0 Å². The lowest BCUT2D eigenvalue weighted by Crippen LogP contribution is -2.21. The molecule has 0 spiro atoms. The predicted molar refractivity (Wildman–Crippen MR) is 96.3 cm³/mol. The molecule has 1 aliphatic rings. The first-order valence-corrected chi connectivity index (χ1v) is 7.84. The standard InChI is InChI=1S/C18H12Cl2N2O2/c19-11-1-5-13(6-2-11)21-15-9-17(23)18(24)10-16(15)22-14-7-3-12(20)4-8-14/h1-10,21-22H. The molecule has 2 aromatic carbocycles. The topological polar surface area (TPSA) is 58.2 Å². The number of anilines is 2. The van der Waals surface area contributed by atoms with E-state index in [2.05, 4.69) is 10.6 Å². The summed E-state index contributed by atoms with van der Waals surface area (Å²) in [6.07, 6.45) is 2.55. The SMILES string of the molecule is O=C1C=C(Nc2ccc(Cl)cc2)C(Nc2ccc(Cl)cc2)=CC1=O. The number of halogens is 2. The van der Waals surface area contributed by atoms with E-state index in [0.29, 0.717) is 21.4 Å². The van der Waals surface area contributed by atoms with Gasteiger partial charge < -0.3 is 10.6 Å². The third kappa shape index (κ3) is 3.85. The molecule has 4 nitrogen and oxygen atoms in total. The fraction of sp³-hybridized carbons (Fsp3) is 0. The van der Waals surface area contributed by atoms with Gasteiger partial charge in [0.05, 0.1) is 11.4 Å². The van der Waals surface area contributed by atoms with Crippen LogP contribution in [0, 0.1) is 0 Å². The largest absolute Gasteiger partial charge is 0.354 e. The van der Waals surface area contributed by atoms with Crippen LogP contribution in [-0.4, -0.2) is 11.6 Å². The van der Waals surface area contributed by atoms with E-state index in [1.807, 2.05) is 0 Å². The van der Waals surface area contributed by atoms with E-state index < -0.39 is 11.6 Å². The van der Waals surface area contributed by atoms with Crippen molar-refractivity contribution < 1.29 is 9.59 Å². The smallest absolute Gasteiger partial charge is 0.227 e. The van der Waals surface area contributed by atoms with E-state index in [9.17, 15) is 9.59 Å². The molecule has 120 valence electrons. The minimum atomic E-state index is -0.576. The van der Waals surface area contributed by atoms with E-state index in [4.69, 9.17) is 23.2 Å². The van der Waals surface area contributed by atoms with Gasteiger partial charge in [-0.3, -0.25) is 9.59 Å². The van der Waals surface area contributed by atoms with E-state index in [-0.39, 0.29) is 0 Å². The second kappa shape index (κ2) is 6.91. The summed E-state index contributed by atoms with van der Waals surface area (Å²) >= 11 is 11.7. The number of carbonyl (C=O) groups excluding carboxylic acids is 2. The average Bonchev–Trinajstić information content (AvgIpc) is 2.56. The lowest BCUT2D eigenvalue weighted by atomic mass is 10.1. The van der Waals surface area contributed by atoms with Gasteiger partial charge >= 0.3 is 0 Å². The van der Waals surface area contributed by atoms with Crippen molar-refractivity contribution in [2.45, 2.75) is 0 Å². The van der Waals surface area contributed by atoms with Crippen LogP contribution in [0.15, 0.2) is 72.1 Å². The highest BCUT2D eigenvalue weighted by molar-refractivity contribution is 6.47. The Labute approximate surface area is 148 Å². The fourth-order valence-electron chi connectivity index (χ4n) is 2.14. The lowest BCUT2D eigenvalue weighted by molar-refractivity contribution is -0.131. The van der Waals surface area contributed by atoms with Crippen molar-refractivity contribution in [2.24, 2.45) is 0 Å². The first-order chi connectivity index (χ1) is 11.5.